The van der Waals surface area contributed by atoms with Crippen molar-refractivity contribution in [3.05, 3.63) is 78.6 Å². The second-order valence-electron chi connectivity index (χ2n) is 8.02. The molecule has 0 aliphatic rings. The van der Waals surface area contributed by atoms with Gasteiger partial charge in [0.1, 0.15) is 5.82 Å². The van der Waals surface area contributed by atoms with E-state index in [9.17, 15) is 8.94 Å². The van der Waals surface area contributed by atoms with E-state index in [0.717, 1.165) is 0 Å². The normalized spacial score (nSPS) is 13.0. The first-order valence-electron chi connectivity index (χ1n) is 9.45. The van der Waals surface area contributed by atoms with Crippen LogP contribution in [0.15, 0.2) is 71.9 Å². The average Bonchev–Trinajstić information content (AvgIpc) is 3.12. The van der Waals surface area contributed by atoms with Crippen LogP contribution in [-0.4, -0.2) is 19.5 Å². The number of imidazole rings is 1. The number of pyridine rings is 1. The zero-order valence-corrected chi connectivity index (χ0v) is 17.6. The average molecular weight is 426 g/mol. The number of hydrogen-bond acceptors (Lipinski definition) is 3. The summed E-state index contributed by atoms with van der Waals surface area (Å²) in [6.45, 7) is 5.79. The zero-order valence-electron chi connectivity index (χ0n) is 16.8. The molecular formula is C23H21F2N3OS. The quantitative estimate of drug-likeness (QED) is 0.448. The fourth-order valence-electron chi connectivity index (χ4n) is 3.20. The van der Waals surface area contributed by atoms with Crippen molar-refractivity contribution in [2.45, 2.75) is 31.2 Å². The third-order valence-corrected chi connectivity index (χ3v) is 6.03. The Morgan fingerprint density at radius 3 is 2.43 bits per heavy atom. The Morgan fingerprint density at radius 2 is 1.73 bits per heavy atom. The van der Waals surface area contributed by atoms with Gasteiger partial charge in [-0.2, -0.15) is 0 Å². The van der Waals surface area contributed by atoms with Crippen LogP contribution in [0, 0.1) is 11.6 Å². The van der Waals surface area contributed by atoms with Crippen molar-refractivity contribution >= 4 is 17.0 Å². The van der Waals surface area contributed by atoms with Crippen molar-refractivity contribution < 1.29 is 13.3 Å². The van der Waals surface area contributed by atoms with E-state index < -0.39 is 23.0 Å². The van der Waals surface area contributed by atoms with Crippen LogP contribution in [-0.2, 0) is 11.4 Å². The van der Waals surface area contributed by atoms with E-state index in [1.807, 2.05) is 32.9 Å². The summed E-state index contributed by atoms with van der Waals surface area (Å²) in [5.74, 6) is -0.954. The third kappa shape index (κ3) is 4.09. The molecule has 1 atom stereocenters. The molecular weight excluding hydrogens is 404 g/mol. The summed E-state index contributed by atoms with van der Waals surface area (Å²) >= 11 is -1.46. The number of nitrogens with one attached hydrogen (secondary N) is 1. The predicted molar refractivity (Wildman–Crippen MR) is 115 cm³/mol. The molecule has 2 aromatic heterocycles. The number of halogens is 2. The summed E-state index contributed by atoms with van der Waals surface area (Å²) in [6.07, 6.45) is 3.25. The van der Waals surface area contributed by atoms with E-state index in [2.05, 4.69) is 9.71 Å². The standard InChI is InChI=1S/C23H21F2N3OS/c1-23(2,3)27-30(29)21-9-5-4-7-16(21)15-10-11-17(19(25)13-15)20-14-28-12-6-8-18(24)22(28)26-20/h4-14,27H,1-3H3. The monoisotopic (exact) mass is 425 g/mol. The molecule has 0 bridgehead atoms. The number of fused-ring (bicyclic) bond motifs is 1. The van der Waals surface area contributed by atoms with Gasteiger partial charge in [-0.3, -0.25) is 0 Å². The van der Waals surface area contributed by atoms with Gasteiger partial charge in [0, 0.05) is 23.5 Å². The van der Waals surface area contributed by atoms with E-state index in [0.29, 0.717) is 21.7 Å². The summed E-state index contributed by atoms with van der Waals surface area (Å²) in [5, 5.41) is 0. The van der Waals surface area contributed by atoms with E-state index >= 15 is 4.39 Å². The molecule has 0 amide bonds. The molecule has 4 aromatic rings. The molecule has 0 radical (unpaired) electrons. The molecule has 4 nitrogen and oxygen atoms in total. The van der Waals surface area contributed by atoms with Gasteiger partial charge in [-0.25, -0.2) is 13.8 Å². The molecule has 7 heteroatoms. The molecule has 30 heavy (non-hydrogen) atoms. The highest BCUT2D eigenvalue weighted by Crippen LogP contribution is 2.32. The molecule has 1 N–H and O–H groups in total. The highest BCUT2D eigenvalue weighted by atomic mass is 32.2. The smallest absolute Gasteiger partial charge is 0.181 e. The Bertz CT molecular complexity index is 1220. The summed E-state index contributed by atoms with van der Waals surface area (Å²) in [4.78, 5) is 4.80. The molecule has 154 valence electrons. The van der Waals surface area contributed by atoms with Crippen LogP contribution < -0.4 is 4.72 Å². The van der Waals surface area contributed by atoms with Gasteiger partial charge in [-0.15, -0.1) is 4.72 Å². The largest absolute Gasteiger partial charge is 0.593 e. The maximum Gasteiger partial charge on any atom is 0.181 e. The minimum Gasteiger partial charge on any atom is -0.593 e. The lowest BCUT2D eigenvalue weighted by atomic mass is 10.0. The van der Waals surface area contributed by atoms with Gasteiger partial charge < -0.3 is 8.95 Å². The SMILES string of the molecule is CC(C)(C)N[S+]([O-])c1ccccc1-c1ccc(-c2cn3cccc(F)c3n2)c(F)c1. The van der Waals surface area contributed by atoms with E-state index in [1.54, 1.807) is 42.7 Å². The van der Waals surface area contributed by atoms with Crippen molar-refractivity contribution in [2.24, 2.45) is 0 Å². The minimum absolute atomic E-state index is 0.143. The van der Waals surface area contributed by atoms with E-state index in [-0.39, 0.29) is 16.7 Å². The number of hydrogen-bond donors (Lipinski definition) is 1. The predicted octanol–water partition coefficient (Wildman–Crippen LogP) is 5.36. The van der Waals surface area contributed by atoms with Gasteiger partial charge in [0.2, 0.25) is 0 Å². The van der Waals surface area contributed by atoms with Crippen molar-refractivity contribution in [1.82, 2.24) is 14.1 Å². The lowest BCUT2D eigenvalue weighted by Crippen LogP contribution is -2.40. The Balaban J connectivity index is 1.73. The first kappa shape index (κ1) is 20.5. The van der Waals surface area contributed by atoms with Gasteiger partial charge >= 0.3 is 0 Å². The van der Waals surface area contributed by atoms with E-state index in [1.165, 1.54) is 16.5 Å². The van der Waals surface area contributed by atoms with Crippen LogP contribution in [0.3, 0.4) is 0 Å². The van der Waals surface area contributed by atoms with Crippen LogP contribution in [0.2, 0.25) is 0 Å². The van der Waals surface area contributed by atoms with Gasteiger partial charge in [0.15, 0.2) is 16.4 Å². The number of nitrogens with zero attached hydrogens (tertiary/aromatic N) is 2. The molecule has 0 fully saturated rings. The van der Waals surface area contributed by atoms with Crippen LogP contribution in [0.25, 0.3) is 28.0 Å². The lowest BCUT2D eigenvalue weighted by molar-refractivity contribution is 0.491. The van der Waals surface area contributed by atoms with Crippen LogP contribution in [0.1, 0.15) is 20.8 Å². The van der Waals surface area contributed by atoms with Crippen molar-refractivity contribution in [3.63, 3.8) is 0 Å². The fraction of sp³-hybridized carbons (Fsp3) is 0.174. The highest BCUT2D eigenvalue weighted by Gasteiger charge is 2.24. The second-order valence-corrected chi connectivity index (χ2v) is 9.21. The lowest BCUT2D eigenvalue weighted by Gasteiger charge is -2.23. The molecule has 2 aromatic carbocycles. The topological polar surface area (TPSA) is 52.4 Å². The van der Waals surface area contributed by atoms with Crippen molar-refractivity contribution in [1.29, 1.82) is 0 Å². The summed E-state index contributed by atoms with van der Waals surface area (Å²) in [5.41, 5.74) is 1.70. The molecule has 2 heterocycles. The van der Waals surface area contributed by atoms with Gasteiger partial charge in [0.25, 0.3) is 0 Å². The molecule has 1 unspecified atom stereocenters. The molecule has 0 saturated carbocycles. The molecule has 0 aliphatic carbocycles. The summed E-state index contributed by atoms with van der Waals surface area (Å²) in [6, 6.07) is 14.8. The molecule has 0 saturated heterocycles. The van der Waals surface area contributed by atoms with Crippen molar-refractivity contribution in [3.8, 4) is 22.4 Å². The third-order valence-electron chi connectivity index (χ3n) is 4.48. The Labute approximate surface area is 176 Å². The summed E-state index contributed by atoms with van der Waals surface area (Å²) in [7, 11) is 0. The van der Waals surface area contributed by atoms with Crippen LogP contribution in [0.4, 0.5) is 8.78 Å². The molecule has 4 rings (SSSR count). The minimum atomic E-state index is -1.46. The molecule has 0 aliphatic heterocycles. The summed E-state index contributed by atoms with van der Waals surface area (Å²) < 4.78 is 46.3. The Kier molecular flexibility index (Phi) is 5.36. The maximum absolute atomic E-state index is 15.0. The molecule has 0 spiro atoms. The number of benzene rings is 2. The van der Waals surface area contributed by atoms with Crippen molar-refractivity contribution in [2.75, 3.05) is 0 Å². The van der Waals surface area contributed by atoms with Gasteiger partial charge in [-0.1, -0.05) is 18.2 Å². The number of aromatic nitrogens is 2. The second kappa shape index (κ2) is 7.83. The van der Waals surface area contributed by atoms with Crippen LogP contribution in [0.5, 0.6) is 0 Å². The van der Waals surface area contributed by atoms with Gasteiger partial charge in [0.05, 0.1) is 22.6 Å². The van der Waals surface area contributed by atoms with Crippen LogP contribution >= 0.6 is 0 Å². The highest BCUT2D eigenvalue weighted by molar-refractivity contribution is 7.89. The zero-order chi connectivity index (χ0) is 21.5. The van der Waals surface area contributed by atoms with E-state index in [4.69, 9.17) is 0 Å². The first-order chi connectivity index (χ1) is 14.2. The number of rotatable bonds is 4. The Hall–Kier alpha value is -2.74. The van der Waals surface area contributed by atoms with Gasteiger partial charge in [-0.05, 0) is 62.7 Å². The maximum atomic E-state index is 15.0. The first-order valence-corrected chi connectivity index (χ1v) is 10.6. The Morgan fingerprint density at radius 1 is 0.967 bits per heavy atom. The fourth-order valence-corrected chi connectivity index (χ4v) is 4.45.